The SMILES string of the molecule is C[C@H]1CN(C(=O)c2cc3c(s2)CCSC3)CCN1. The van der Waals surface area contributed by atoms with Crippen LogP contribution in [0.5, 0.6) is 0 Å². The van der Waals surface area contributed by atoms with Gasteiger partial charge < -0.3 is 10.2 Å². The summed E-state index contributed by atoms with van der Waals surface area (Å²) in [6.45, 7) is 4.71. The summed E-state index contributed by atoms with van der Waals surface area (Å²) in [5, 5.41) is 3.37. The molecule has 1 atom stereocenters. The number of nitrogens with one attached hydrogen (secondary N) is 1. The van der Waals surface area contributed by atoms with E-state index in [1.165, 1.54) is 16.2 Å². The summed E-state index contributed by atoms with van der Waals surface area (Å²) in [4.78, 5) is 16.8. The summed E-state index contributed by atoms with van der Waals surface area (Å²) in [6, 6.07) is 2.54. The van der Waals surface area contributed by atoms with Crippen molar-refractivity contribution >= 4 is 29.0 Å². The lowest BCUT2D eigenvalue weighted by Crippen LogP contribution is -2.51. The molecule has 2 aliphatic rings. The van der Waals surface area contributed by atoms with Gasteiger partial charge >= 0.3 is 0 Å². The molecule has 0 bridgehead atoms. The van der Waals surface area contributed by atoms with Crippen LogP contribution in [0.4, 0.5) is 0 Å². The van der Waals surface area contributed by atoms with Crippen LogP contribution < -0.4 is 5.32 Å². The summed E-state index contributed by atoms with van der Waals surface area (Å²) in [5.41, 5.74) is 1.39. The Labute approximate surface area is 116 Å². The van der Waals surface area contributed by atoms with Crippen LogP contribution in [0.25, 0.3) is 0 Å². The standard InChI is InChI=1S/C13H18N2OS2/c1-9-7-15(4-3-14-9)13(16)12-6-10-8-17-5-2-11(10)18-12/h6,9,14H,2-5,7-8H2,1H3/t9-/m0/s1. The molecule has 3 nitrogen and oxygen atoms in total. The Kier molecular flexibility index (Phi) is 3.63. The molecule has 0 radical (unpaired) electrons. The normalized spacial score (nSPS) is 23.8. The van der Waals surface area contributed by atoms with Crippen LogP contribution in [-0.4, -0.2) is 42.2 Å². The molecule has 3 heterocycles. The molecule has 18 heavy (non-hydrogen) atoms. The first-order valence-corrected chi connectivity index (χ1v) is 8.43. The molecule has 1 fully saturated rings. The average molecular weight is 282 g/mol. The Morgan fingerprint density at radius 2 is 2.44 bits per heavy atom. The van der Waals surface area contributed by atoms with Gasteiger partial charge in [0.1, 0.15) is 0 Å². The zero-order valence-corrected chi connectivity index (χ0v) is 12.2. The van der Waals surface area contributed by atoms with Gasteiger partial charge in [0.2, 0.25) is 0 Å². The van der Waals surface area contributed by atoms with Crippen molar-refractivity contribution in [2.75, 3.05) is 25.4 Å². The summed E-state index contributed by atoms with van der Waals surface area (Å²) in [5.74, 6) is 2.51. The zero-order valence-electron chi connectivity index (χ0n) is 10.6. The number of nitrogens with zero attached hydrogens (tertiary/aromatic N) is 1. The fourth-order valence-electron chi connectivity index (χ4n) is 2.53. The van der Waals surface area contributed by atoms with Crippen LogP contribution in [0.1, 0.15) is 27.0 Å². The van der Waals surface area contributed by atoms with Crippen LogP contribution >= 0.6 is 23.1 Å². The van der Waals surface area contributed by atoms with Crippen molar-refractivity contribution in [3.8, 4) is 0 Å². The van der Waals surface area contributed by atoms with Gasteiger partial charge in [-0.25, -0.2) is 0 Å². The molecule has 0 unspecified atom stereocenters. The minimum Gasteiger partial charge on any atom is -0.335 e. The van der Waals surface area contributed by atoms with E-state index in [1.807, 2.05) is 16.7 Å². The van der Waals surface area contributed by atoms with E-state index >= 15 is 0 Å². The maximum absolute atomic E-state index is 12.5. The van der Waals surface area contributed by atoms with Gasteiger partial charge in [0, 0.05) is 36.3 Å². The summed E-state index contributed by atoms with van der Waals surface area (Å²) >= 11 is 3.68. The van der Waals surface area contributed by atoms with E-state index in [9.17, 15) is 4.79 Å². The number of rotatable bonds is 1. The lowest BCUT2D eigenvalue weighted by atomic mass is 10.2. The first-order valence-electron chi connectivity index (χ1n) is 6.46. The van der Waals surface area contributed by atoms with Gasteiger partial charge in [0.05, 0.1) is 4.88 Å². The van der Waals surface area contributed by atoms with Crippen molar-refractivity contribution in [1.29, 1.82) is 0 Å². The molecule has 2 aliphatic heterocycles. The Balaban J connectivity index is 1.77. The Hall–Kier alpha value is -0.520. The highest BCUT2D eigenvalue weighted by Crippen LogP contribution is 2.32. The number of piperazine rings is 1. The molecule has 0 spiro atoms. The number of amides is 1. The molecule has 3 rings (SSSR count). The highest BCUT2D eigenvalue weighted by atomic mass is 32.2. The highest BCUT2D eigenvalue weighted by molar-refractivity contribution is 7.98. The largest absolute Gasteiger partial charge is 0.335 e. The van der Waals surface area contributed by atoms with Crippen molar-refractivity contribution in [1.82, 2.24) is 10.2 Å². The number of fused-ring (bicyclic) bond motifs is 1. The third-order valence-electron chi connectivity index (χ3n) is 3.49. The van der Waals surface area contributed by atoms with Gasteiger partial charge in [-0.2, -0.15) is 11.8 Å². The monoisotopic (exact) mass is 282 g/mol. The van der Waals surface area contributed by atoms with Crippen LogP contribution in [0.2, 0.25) is 0 Å². The number of thiophene rings is 1. The average Bonchev–Trinajstić information content (AvgIpc) is 2.81. The highest BCUT2D eigenvalue weighted by Gasteiger charge is 2.24. The zero-order chi connectivity index (χ0) is 12.5. The van der Waals surface area contributed by atoms with Crippen molar-refractivity contribution in [2.45, 2.75) is 25.1 Å². The van der Waals surface area contributed by atoms with Gasteiger partial charge in [-0.15, -0.1) is 11.3 Å². The second-order valence-electron chi connectivity index (χ2n) is 4.97. The number of carbonyl (C=O) groups excluding carboxylic acids is 1. The molecule has 0 aliphatic carbocycles. The third-order valence-corrected chi connectivity index (χ3v) is 5.73. The summed E-state index contributed by atoms with van der Waals surface area (Å²) in [7, 11) is 0. The Morgan fingerprint density at radius 1 is 1.56 bits per heavy atom. The van der Waals surface area contributed by atoms with Gasteiger partial charge in [0.25, 0.3) is 5.91 Å². The number of hydrogen-bond acceptors (Lipinski definition) is 4. The molecule has 1 saturated heterocycles. The van der Waals surface area contributed by atoms with Crippen LogP contribution in [-0.2, 0) is 12.2 Å². The van der Waals surface area contributed by atoms with Crippen LogP contribution in [0.3, 0.4) is 0 Å². The summed E-state index contributed by atoms with van der Waals surface area (Å²) in [6.07, 6.45) is 1.13. The molecular formula is C13H18N2OS2. The molecule has 0 saturated carbocycles. The fourth-order valence-corrected chi connectivity index (χ4v) is 4.87. The third kappa shape index (κ3) is 2.44. The van der Waals surface area contributed by atoms with E-state index < -0.39 is 0 Å². The Bertz CT molecular complexity index is 434. The van der Waals surface area contributed by atoms with E-state index in [1.54, 1.807) is 11.3 Å². The van der Waals surface area contributed by atoms with Crippen LogP contribution in [0.15, 0.2) is 6.07 Å². The summed E-state index contributed by atoms with van der Waals surface area (Å²) < 4.78 is 0. The molecular weight excluding hydrogens is 264 g/mol. The van der Waals surface area contributed by atoms with E-state index in [2.05, 4.69) is 18.3 Å². The first kappa shape index (κ1) is 12.5. The van der Waals surface area contributed by atoms with Gasteiger partial charge in [-0.1, -0.05) is 0 Å². The lowest BCUT2D eigenvalue weighted by molar-refractivity contribution is 0.0714. The smallest absolute Gasteiger partial charge is 0.264 e. The maximum atomic E-state index is 12.5. The molecule has 1 amide bonds. The second kappa shape index (κ2) is 5.23. The quantitative estimate of drug-likeness (QED) is 0.855. The molecule has 1 aromatic heterocycles. The molecule has 0 aromatic carbocycles. The Morgan fingerprint density at radius 3 is 3.22 bits per heavy atom. The van der Waals surface area contributed by atoms with E-state index in [0.29, 0.717) is 6.04 Å². The maximum Gasteiger partial charge on any atom is 0.264 e. The number of aryl methyl sites for hydroxylation is 1. The number of carbonyl (C=O) groups is 1. The predicted molar refractivity (Wildman–Crippen MR) is 77.6 cm³/mol. The predicted octanol–water partition coefficient (Wildman–Crippen LogP) is 1.97. The van der Waals surface area contributed by atoms with Crippen LogP contribution in [0, 0.1) is 0 Å². The second-order valence-corrected chi connectivity index (χ2v) is 7.21. The van der Waals surface area contributed by atoms with Crippen molar-refractivity contribution < 1.29 is 4.79 Å². The number of thioether (sulfide) groups is 1. The molecule has 98 valence electrons. The van der Waals surface area contributed by atoms with E-state index in [0.717, 1.165) is 36.7 Å². The van der Waals surface area contributed by atoms with Crippen molar-refractivity contribution in [3.63, 3.8) is 0 Å². The number of hydrogen-bond donors (Lipinski definition) is 1. The minimum atomic E-state index is 0.229. The van der Waals surface area contributed by atoms with Gasteiger partial charge in [0.15, 0.2) is 0 Å². The minimum absolute atomic E-state index is 0.229. The van der Waals surface area contributed by atoms with E-state index in [4.69, 9.17) is 0 Å². The van der Waals surface area contributed by atoms with Crippen molar-refractivity contribution in [2.24, 2.45) is 0 Å². The van der Waals surface area contributed by atoms with Gasteiger partial charge in [-0.3, -0.25) is 4.79 Å². The van der Waals surface area contributed by atoms with Gasteiger partial charge in [-0.05, 0) is 30.7 Å². The fraction of sp³-hybridized carbons (Fsp3) is 0.615. The lowest BCUT2D eigenvalue weighted by Gasteiger charge is -2.31. The van der Waals surface area contributed by atoms with E-state index in [-0.39, 0.29) is 5.91 Å². The first-order chi connectivity index (χ1) is 8.74. The topological polar surface area (TPSA) is 32.3 Å². The molecule has 1 aromatic rings. The molecule has 1 N–H and O–H groups in total. The molecule has 5 heteroatoms. The van der Waals surface area contributed by atoms with Crippen molar-refractivity contribution in [3.05, 3.63) is 21.4 Å².